The third kappa shape index (κ3) is 1.19. The van der Waals surface area contributed by atoms with E-state index < -0.39 is 0 Å². The van der Waals surface area contributed by atoms with Crippen molar-refractivity contribution < 1.29 is 4.74 Å². The van der Waals surface area contributed by atoms with Gasteiger partial charge in [-0.25, -0.2) is 0 Å². The lowest BCUT2D eigenvalue weighted by Crippen LogP contribution is -2.12. The van der Waals surface area contributed by atoms with Crippen molar-refractivity contribution in [2.24, 2.45) is 0 Å². The fourth-order valence-electron chi connectivity index (χ4n) is 3.50. The fraction of sp³-hybridized carbons (Fsp3) is 0.111. The van der Waals surface area contributed by atoms with Gasteiger partial charge in [0.15, 0.2) is 0 Å². The lowest BCUT2D eigenvalue weighted by molar-refractivity contribution is 0.225. The predicted molar refractivity (Wildman–Crippen MR) is 79.9 cm³/mol. The molecule has 0 spiro atoms. The van der Waals surface area contributed by atoms with E-state index >= 15 is 0 Å². The minimum atomic E-state index is 0.101. The van der Waals surface area contributed by atoms with Crippen LogP contribution < -0.4 is 4.74 Å². The minimum absolute atomic E-state index is 0.101. The molecule has 20 heavy (non-hydrogen) atoms. The molecule has 1 aliphatic carbocycles. The molecule has 2 aromatic carbocycles. The summed E-state index contributed by atoms with van der Waals surface area (Å²) < 4.78 is 6.23. The smallest absolute Gasteiger partial charge is 0.137 e. The van der Waals surface area contributed by atoms with Crippen molar-refractivity contribution in [3.63, 3.8) is 0 Å². The number of para-hydroxylation sites is 2. The van der Waals surface area contributed by atoms with Crippen LogP contribution in [-0.4, -0.2) is 4.98 Å². The van der Waals surface area contributed by atoms with Gasteiger partial charge in [-0.15, -0.1) is 0 Å². The second kappa shape index (κ2) is 3.54. The Morgan fingerprint density at radius 1 is 0.950 bits per heavy atom. The molecule has 1 N–H and O–H groups in total. The van der Waals surface area contributed by atoms with Gasteiger partial charge >= 0.3 is 0 Å². The van der Waals surface area contributed by atoms with E-state index in [-0.39, 0.29) is 6.10 Å². The Kier molecular flexibility index (Phi) is 1.83. The Morgan fingerprint density at radius 3 is 2.80 bits per heavy atom. The maximum Gasteiger partial charge on any atom is 0.137 e. The molecule has 1 aliphatic heterocycles. The standard InChI is InChI=1S/C18H13NO/c1-3-7-14-13(6-1)17-15(19-14)10-9-12-11-5-2-4-8-16(11)20-18(12)17/h1-10,12,18-19H. The molecule has 1 aromatic heterocycles. The monoisotopic (exact) mass is 259 g/mol. The first-order chi connectivity index (χ1) is 9.92. The van der Waals surface area contributed by atoms with E-state index in [1.54, 1.807) is 0 Å². The molecule has 2 heteroatoms. The van der Waals surface area contributed by atoms with E-state index in [1.165, 1.54) is 27.7 Å². The number of rotatable bonds is 0. The van der Waals surface area contributed by atoms with Crippen molar-refractivity contribution in [1.29, 1.82) is 0 Å². The lowest BCUT2D eigenvalue weighted by atomic mass is 9.86. The summed E-state index contributed by atoms with van der Waals surface area (Å²) in [5, 5.41) is 1.27. The van der Waals surface area contributed by atoms with Gasteiger partial charge in [-0.05, 0) is 18.2 Å². The largest absolute Gasteiger partial charge is 0.484 e. The Balaban J connectivity index is 1.78. The first-order valence-electron chi connectivity index (χ1n) is 6.96. The van der Waals surface area contributed by atoms with E-state index in [0.29, 0.717) is 5.92 Å². The average Bonchev–Trinajstić information content (AvgIpc) is 3.04. The summed E-state index contributed by atoms with van der Waals surface area (Å²) >= 11 is 0. The Bertz CT molecular complexity index is 859. The molecule has 0 saturated heterocycles. The van der Waals surface area contributed by atoms with Crippen LogP contribution in [0.5, 0.6) is 5.75 Å². The van der Waals surface area contributed by atoms with Crippen molar-refractivity contribution in [3.05, 3.63) is 71.4 Å². The van der Waals surface area contributed by atoms with Crippen LogP contribution in [0.3, 0.4) is 0 Å². The highest BCUT2D eigenvalue weighted by atomic mass is 16.5. The molecule has 5 rings (SSSR count). The molecule has 2 atom stereocenters. The second-order valence-electron chi connectivity index (χ2n) is 5.46. The normalized spacial score (nSPS) is 22.2. The number of fused-ring (bicyclic) bond motifs is 7. The van der Waals surface area contributed by atoms with E-state index in [9.17, 15) is 0 Å². The van der Waals surface area contributed by atoms with Crippen molar-refractivity contribution in [3.8, 4) is 5.75 Å². The van der Waals surface area contributed by atoms with Crippen molar-refractivity contribution >= 4 is 17.0 Å². The highest BCUT2D eigenvalue weighted by Gasteiger charge is 2.38. The fourth-order valence-corrected chi connectivity index (χ4v) is 3.50. The van der Waals surface area contributed by atoms with Crippen LogP contribution in [0.1, 0.15) is 28.8 Å². The molecular weight excluding hydrogens is 246 g/mol. The summed E-state index contributed by atoms with van der Waals surface area (Å²) in [7, 11) is 0. The number of hydrogen-bond acceptors (Lipinski definition) is 1. The Morgan fingerprint density at radius 2 is 1.80 bits per heavy atom. The molecule has 2 unspecified atom stereocenters. The predicted octanol–water partition coefficient (Wildman–Crippen LogP) is 4.41. The molecule has 2 heterocycles. The van der Waals surface area contributed by atoms with Crippen LogP contribution in [0.4, 0.5) is 0 Å². The van der Waals surface area contributed by atoms with Gasteiger partial charge in [-0.3, -0.25) is 0 Å². The number of H-pyrrole nitrogens is 1. The van der Waals surface area contributed by atoms with Crippen molar-refractivity contribution in [2.45, 2.75) is 12.0 Å². The quantitative estimate of drug-likeness (QED) is 0.635. The number of hydrogen-bond donors (Lipinski definition) is 1. The molecule has 0 saturated carbocycles. The summed E-state index contributed by atoms with van der Waals surface area (Å²) in [6, 6.07) is 16.8. The minimum Gasteiger partial charge on any atom is -0.484 e. The summed E-state index contributed by atoms with van der Waals surface area (Å²) in [6.45, 7) is 0. The number of aromatic amines is 1. The van der Waals surface area contributed by atoms with Gasteiger partial charge in [-0.1, -0.05) is 42.5 Å². The van der Waals surface area contributed by atoms with Crippen LogP contribution in [0, 0.1) is 0 Å². The number of aromatic nitrogens is 1. The third-order valence-corrected chi connectivity index (χ3v) is 4.39. The van der Waals surface area contributed by atoms with Gasteiger partial charge in [-0.2, -0.15) is 0 Å². The second-order valence-corrected chi connectivity index (χ2v) is 5.46. The Labute approximate surface area is 116 Å². The molecule has 3 aromatic rings. The maximum absolute atomic E-state index is 6.23. The molecule has 0 fully saturated rings. The van der Waals surface area contributed by atoms with E-state index in [1.807, 2.05) is 6.07 Å². The lowest BCUT2D eigenvalue weighted by Gasteiger charge is -2.20. The summed E-state index contributed by atoms with van der Waals surface area (Å²) in [4.78, 5) is 3.49. The average molecular weight is 259 g/mol. The van der Waals surface area contributed by atoms with Crippen LogP contribution >= 0.6 is 0 Å². The Hall–Kier alpha value is -2.48. The van der Waals surface area contributed by atoms with Gasteiger partial charge in [0, 0.05) is 33.6 Å². The van der Waals surface area contributed by atoms with Crippen LogP contribution in [0.15, 0.2) is 54.6 Å². The van der Waals surface area contributed by atoms with Gasteiger partial charge < -0.3 is 9.72 Å². The highest BCUT2D eigenvalue weighted by Crippen LogP contribution is 2.51. The molecular formula is C18H13NO. The van der Waals surface area contributed by atoms with E-state index in [0.717, 1.165) is 5.75 Å². The highest BCUT2D eigenvalue weighted by molar-refractivity contribution is 5.89. The zero-order valence-corrected chi connectivity index (χ0v) is 10.8. The molecule has 0 amide bonds. The van der Waals surface area contributed by atoms with Crippen molar-refractivity contribution in [2.75, 3.05) is 0 Å². The van der Waals surface area contributed by atoms with Crippen LogP contribution in [0.2, 0.25) is 0 Å². The first kappa shape index (κ1) is 10.3. The topological polar surface area (TPSA) is 25.0 Å². The zero-order chi connectivity index (χ0) is 13.1. The first-order valence-corrected chi connectivity index (χ1v) is 6.96. The number of nitrogens with one attached hydrogen (secondary N) is 1. The number of ether oxygens (including phenoxy) is 1. The van der Waals surface area contributed by atoms with Crippen molar-refractivity contribution in [1.82, 2.24) is 4.98 Å². The summed E-state index contributed by atoms with van der Waals surface area (Å²) in [6.07, 6.45) is 4.56. The SMILES string of the molecule is C1=CC2c3ccccc3OC2c2c1[nH]c1ccccc21. The van der Waals surface area contributed by atoms with Gasteiger partial charge in [0.05, 0.1) is 0 Å². The van der Waals surface area contributed by atoms with Crippen LogP contribution in [-0.2, 0) is 0 Å². The summed E-state index contributed by atoms with van der Waals surface area (Å²) in [5.41, 5.74) is 4.96. The van der Waals surface area contributed by atoms with E-state index in [2.05, 4.69) is 59.6 Å². The molecule has 2 aliphatic rings. The van der Waals surface area contributed by atoms with Gasteiger partial charge in [0.25, 0.3) is 0 Å². The molecule has 0 bridgehead atoms. The summed E-state index contributed by atoms with van der Waals surface area (Å²) in [5.74, 6) is 1.35. The number of benzene rings is 2. The molecule has 0 radical (unpaired) electrons. The van der Waals surface area contributed by atoms with Gasteiger partial charge in [0.2, 0.25) is 0 Å². The van der Waals surface area contributed by atoms with Gasteiger partial charge in [0.1, 0.15) is 11.9 Å². The third-order valence-electron chi connectivity index (χ3n) is 4.39. The molecule has 96 valence electrons. The van der Waals surface area contributed by atoms with Crippen LogP contribution in [0.25, 0.3) is 17.0 Å². The van der Waals surface area contributed by atoms with E-state index in [4.69, 9.17) is 4.74 Å². The maximum atomic E-state index is 6.23. The zero-order valence-electron chi connectivity index (χ0n) is 10.8. The molecule has 2 nitrogen and oxygen atoms in total.